The maximum absolute atomic E-state index is 12.3. The molecule has 1 aromatic carbocycles. The van der Waals surface area contributed by atoms with Crippen LogP contribution in [0.1, 0.15) is 20.8 Å². The van der Waals surface area contributed by atoms with Crippen LogP contribution in [0.25, 0.3) is 0 Å². The molecule has 20 heavy (non-hydrogen) atoms. The molecule has 0 amide bonds. The SMILES string of the molecule is CC(C)(C)NS(=O)(=O)N(CC(=O)O)c1ccccc1N. The molecule has 7 nitrogen and oxygen atoms in total. The van der Waals surface area contributed by atoms with E-state index >= 15 is 0 Å². The van der Waals surface area contributed by atoms with Crippen molar-refractivity contribution in [2.75, 3.05) is 16.6 Å². The molecule has 4 N–H and O–H groups in total. The molecule has 0 aliphatic rings. The van der Waals surface area contributed by atoms with Crippen molar-refractivity contribution in [1.29, 1.82) is 0 Å². The maximum Gasteiger partial charge on any atom is 0.324 e. The van der Waals surface area contributed by atoms with Gasteiger partial charge in [0.05, 0.1) is 11.4 Å². The van der Waals surface area contributed by atoms with Crippen LogP contribution in [-0.2, 0) is 15.0 Å². The van der Waals surface area contributed by atoms with Crippen molar-refractivity contribution in [2.24, 2.45) is 0 Å². The Labute approximate surface area is 118 Å². The molecule has 0 radical (unpaired) electrons. The monoisotopic (exact) mass is 301 g/mol. The summed E-state index contributed by atoms with van der Waals surface area (Å²) in [4.78, 5) is 10.9. The van der Waals surface area contributed by atoms with E-state index in [2.05, 4.69) is 4.72 Å². The first-order valence-corrected chi connectivity index (χ1v) is 7.35. The number of nitrogens with zero attached hydrogens (tertiary/aromatic N) is 1. The van der Waals surface area contributed by atoms with Crippen molar-refractivity contribution in [3.63, 3.8) is 0 Å². The topological polar surface area (TPSA) is 113 Å². The molecule has 0 spiro atoms. The number of benzene rings is 1. The summed E-state index contributed by atoms with van der Waals surface area (Å²) >= 11 is 0. The minimum absolute atomic E-state index is 0.131. The van der Waals surface area contributed by atoms with Gasteiger partial charge in [0.1, 0.15) is 6.54 Å². The first kappa shape index (κ1) is 16.3. The number of nitrogens with one attached hydrogen (secondary N) is 1. The molecular formula is C12H19N3O4S. The van der Waals surface area contributed by atoms with Gasteiger partial charge in [-0.1, -0.05) is 12.1 Å². The van der Waals surface area contributed by atoms with Gasteiger partial charge in [0, 0.05) is 5.54 Å². The second-order valence-corrected chi connectivity index (χ2v) is 6.91. The van der Waals surface area contributed by atoms with E-state index in [-0.39, 0.29) is 11.4 Å². The third kappa shape index (κ3) is 4.39. The Bertz CT molecular complexity index is 593. The fraction of sp³-hybridized carbons (Fsp3) is 0.417. The molecule has 0 atom stereocenters. The van der Waals surface area contributed by atoms with E-state index in [9.17, 15) is 13.2 Å². The van der Waals surface area contributed by atoms with Gasteiger partial charge in [0.25, 0.3) is 0 Å². The zero-order valence-electron chi connectivity index (χ0n) is 11.6. The van der Waals surface area contributed by atoms with Crippen LogP contribution >= 0.6 is 0 Å². The molecule has 8 heteroatoms. The Morgan fingerprint density at radius 1 is 1.35 bits per heavy atom. The molecule has 0 bridgehead atoms. The number of carbonyl (C=O) groups is 1. The number of anilines is 2. The number of para-hydroxylation sites is 2. The van der Waals surface area contributed by atoms with E-state index in [0.717, 1.165) is 4.31 Å². The van der Waals surface area contributed by atoms with Gasteiger partial charge >= 0.3 is 16.2 Å². The lowest BCUT2D eigenvalue weighted by molar-refractivity contribution is -0.135. The van der Waals surface area contributed by atoms with Gasteiger partial charge in [0.15, 0.2) is 0 Å². The fourth-order valence-electron chi connectivity index (χ4n) is 1.58. The molecule has 1 aromatic rings. The lowest BCUT2D eigenvalue weighted by Gasteiger charge is -2.28. The van der Waals surface area contributed by atoms with E-state index < -0.39 is 28.3 Å². The summed E-state index contributed by atoms with van der Waals surface area (Å²) < 4.78 is 27.8. The predicted molar refractivity (Wildman–Crippen MR) is 77.6 cm³/mol. The average Bonchev–Trinajstić information content (AvgIpc) is 2.23. The molecule has 0 fully saturated rings. The number of hydrogen-bond donors (Lipinski definition) is 3. The summed E-state index contributed by atoms with van der Waals surface area (Å²) in [5.41, 5.74) is 5.31. The highest BCUT2D eigenvalue weighted by Crippen LogP contribution is 2.25. The lowest BCUT2D eigenvalue weighted by atomic mass is 10.1. The Kier molecular flexibility index (Phi) is 4.61. The third-order valence-electron chi connectivity index (χ3n) is 2.21. The number of carboxylic acids is 1. The van der Waals surface area contributed by atoms with Crippen LogP contribution in [-0.4, -0.2) is 31.6 Å². The second-order valence-electron chi connectivity index (χ2n) is 5.32. The molecule has 0 unspecified atom stereocenters. The number of nitrogen functional groups attached to an aromatic ring is 1. The molecule has 0 saturated carbocycles. The fourth-order valence-corrected chi connectivity index (χ4v) is 3.17. The summed E-state index contributed by atoms with van der Waals surface area (Å²) in [6.45, 7) is 4.28. The Hall–Kier alpha value is -1.80. The first-order chi connectivity index (χ1) is 9.03. The Morgan fingerprint density at radius 2 is 1.90 bits per heavy atom. The van der Waals surface area contributed by atoms with Crippen LogP contribution in [0.5, 0.6) is 0 Å². The van der Waals surface area contributed by atoms with Gasteiger partial charge in [-0.05, 0) is 32.9 Å². The summed E-state index contributed by atoms with van der Waals surface area (Å²) in [5, 5.41) is 8.92. The molecule has 0 aromatic heterocycles. The highest BCUT2D eigenvalue weighted by atomic mass is 32.2. The Balaban J connectivity index is 3.27. The van der Waals surface area contributed by atoms with Crippen molar-refractivity contribution in [2.45, 2.75) is 26.3 Å². The number of nitrogens with two attached hydrogens (primary N) is 1. The molecular weight excluding hydrogens is 282 g/mol. The zero-order valence-corrected chi connectivity index (χ0v) is 12.4. The van der Waals surface area contributed by atoms with E-state index in [1.54, 1.807) is 32.9 Å². The van der Waals surface area contributed by atoms with Crippen LogP contribution < -0.4 is 14.8 Å². The molecule has 0 saturated heterocycles. The van der Waals surface area contributed by atoms with Crippen molar-refractivity contribution in [3.05, 3.63) is 24.3 Å². The molecule has 0 heterocycles. The van der Waals surface area contributed by atoms with Crippen molar-refractivity contribution in [3.8, 4) is 0 Å². The van der Waals surface area contributed by atoms with Gasteiger partial charge in [-0.3, -0.25) is 4.79 Å². The van der Waals surface area contributed by atoms with Gasteiger partial charge in [0.2, 0.25) is 0 Å². The van der Waals surface area contributed by atoms with Gasteiger partial charge in [-0.25, -0.2) is 4.31 Å². The summed E-state index contributed by atoms with van der Waals surface area (Å²) in [5.74, 6) is -1.27. The van der Waals surface area contributed by atoms with Gasteiger partial charge in [-0.2, -0.15) is 13.1 Å². The van der Waals surface area contributed by atoms with Crippen molar-refractivity contribution < 1.29 is 18.3 Å². The van der Waals surface area contributed by atoms with E-state index in [1.165, 1.54) is 12.1 Å². The number of rotatable bonds is 5. The van der Waals surface area contributed by atoms with Crippen LogP contribution in [0.4, 0.5) is 11.4 Å². The van der Waals surface area contributed by atoms with Crippen molar-refractivity contribution in [1.82, 2.24) is 4.72 Å². The normalized spacial score (nSPS) is 12.2. The minimum Gasteiger partial charge on any atom is -0.480 e. The van der Waals surface area contributed by atoms with E-state index in [0.29, 0.717) is 0 Å². The van der Waals surface area contributed by atoms with Crippen LogP contribution in [0.3, 0.4) is 0 Å². The molecule has 0 aliphatic heterocycles. The van der Waals surface area contributed by atoms with E-state index in [4.69, 9.17) is 10.8 Å². The minimum atomic E-state index is -4.03. The molecule has 0 aliphatic carbocycles. The lowest BCUT2D eigenvalue weighted by Crippen LogP contribution is -2.50. The smallest absolute Gasteiger partial charge is 0.324 e. The van der Waals surface area contributed by atoms with Crippen molar-refractivity contribution >= 4 is 27.6 Å². The number of carboxylic acid groups (broad SMARTS) is 1. The van der Waals surface area contributed by atoms with Crippen LogP contribution in [0.2, 0.25) is 0 Å². The van der Waals surface area contributed by atoms with Gasteiger partial charge < -0.3 is 10.8 Å². The van der Waals surface area contributed by atoms with Crippen LogP contribution in [0.15, 0.2) is 24.3 Å². The third-order valence-corrected chi connectivity index (χ3v) is 3.99. The average molecular weight is 301 g/mol. The summed E-state index contributed by atoms with van der Waals surface area (Å²) in [6, 6.07) is 6.20. The second kappa shape index (κ2) is 5.68. The number of hydrogen-bond acceptors (Lipinski definition) is 4. The summed E-state index contributed by atoms with van der Waals surface area (Å²) in [7, 11) is -4.03. The first-order valence-electron chi connectivity index (χ1n) is 5.91. The number of aliphatic carboxylic acids is 1. The predicted octanol–water partition coefficient (Wildman–Crippen LogP) is 0.793. The largest absolute Gasteiger partial charge is 0.480 e. The zero-order chi connectivity index (χ0) is 15.6. The highest BCUT2D eigenvalue weighted by Gasteiger charge is 2.30. The summed E-state index contributed by atoms with van der Waals surface area (Å²) in [6.07, 6.45) is 0. The molecule has 112 valence electrons. The Morgan fingerprint density at radius 3 is 2.35 bits per heavy atom. The standard InChI is InChI=1S/C12H19N3O4S/c1-12(2,3)14-20(18,19)15(8-11(16)17)10-7-5-4-6-9(10)13/h4-7,14H,8,13H2,1-3H3,(H,16,17). The maximum atomic E-state index is 12.3. The van der Waals surface area contributed by atoms with E-state index in [1.807, 2.05) is 0 Å². The highest BCUT2D eigenvalue weighted by molar-refractivity contribution is 7.91. The van der Waals surface area contributed by atoms with Gasteiger partial charge in [-0.15, -0.1) is 0 Å². The quantitative estimate of drug-likeness (QED) is 0.696. The molecule has 1 rings (SSSR count). The van der Waals surface area contributed by atoms with Crippen LogP contribution in [0, 0.1) is 0 Å².